The molecule has 1 aliphatic heterocycles. The van der Waals surface area contributed by atoms with E-state index in [9.17, 15) is 0 Å². The van der Waals surface area contributed by atoms with Crippen LogP contribution >= 0.6 is 0 Å². The zero-order valence-electron chi connectivity index (χ0n) is 12.8. The molecule has 0 saturated carbocycles. The minimum atomic E-state index is 0.433. The molecule has 0 aromatic carbocycles. The average molecular weight is 264 g/mol. The number of anilines is 1. The van der Waals surface area contributed by atoms with Gasteiger partial charge >= 0.3 is 0 Å². The van der Waals surface area contributed by atoms with Crippen LogP contribution in [0.1, 0.15) is 39.3 Å². The largest absolute Gasteiger partial charge is 0.353 e. The zero-order valence-corrected chi connectivity index (χ0v) is 12.8. The summed E-state index contributed by atoms with van der Waals surface area (Å²) in [5, 5.41) is 3.45. The second-order valence-corrected chi connectivity index (χ2v) is 6.03. The molecular weight excluding hydrogens is 236 g/mol. The van der Waals surface area contributed by atoms with E-state index < -0.39 is 0 Å². The van der Waals surface area contributed by atoms with Gasteiger partial charge in [0.2, 0.25) is 5.95 Å². The first kappa shape index (κ1) is 14.4. The average Bonchev–Trinajstić information content (AvgIpc) is 2.69. The van der Waals surface area contributed by atoms with Crippen molar-refractivity contribution in [3.05, 3.63) is 11.9 Å². The van der Waals surface area contributed by atoms with Gasteiger partial charge < -0.3 is 14.8 Å². The smallest absolute Gasteiger partial charge is 0.203 e. The number of nitrogens with zero attached hydrogens (tertiary/aromatic N) is 3. The Hall–Kier alpha value is -1.03. The Bertz CT molecular complexity index is 389. The van der Waals surface area contributed by atoms with Crippen LogP contribution in [0.3, 0.4) is 0 Å². The Morgan fingerprint density at radius 2 is 2.05 bits per heavy atom. The predicted octanol–water partition coefficient (Wildman–Crippen LogP) is 2.74. The standard InChI is InChI=1S/C15H28N4/c1-5-18-8-6-14(7-9-18)11-19-10-13(4)17-15(19)16-12(2)3/h10,12,14H,5-9,11H2,1-4H3,(H,16,17). The van der Waals surface area contributed by atoms with Gasteiger partial charge in [-0.05, 0) is 59.2 Å². The van der Waals surface area contributed by atoms with E-state index in [1.807, 2.05) is 0 Å². The topological polar surface area (TPSA) is 33.1 Å². The van der Waals surface area contributed by atoms with Crippen LogP contribution in [0.15, 0.2) is 6.20 Å². The minimum absolute atomic E-state index is 0.433. The molecular formula is C15H28N4. The Kier molecular flexibility index (Phi) is 4.86. The molecule has 1 aliphatic rings. The van der Waals surface area contributed by atoms with Gasteiger partial charge in [0.1, 0.15) is 0 Å². The van der Waals surface area contributed by atoms with E-state index in [2.05, 4.69) is 53.7 Å². The van der Waals surface area contributed by atoms with Crippen LogP contribution in [-0.4, -0.2) is 40.1 Å². The maximum atomic E-state index is 4.59. The number of imidazole rings is 1. The highest BCUT2D eigenvalue weighted by Gasteiger charge is 2.19. The molecule has 108 valence electrons. The molecule has 4 nitrogen and oxygen atoms in total. The van der Waals surface area contributed by atoms with Gasteiger partial charge in [-0.2, -0.15) is 0 Å². The maximum absolute atomic E-state index is 4.59. The van der Waals surface area contributed by atoms with Crippen LogP contribution in [-0.2, 0) is 6.54 Å². The molecule has 0 atom stereocenters. The molecule has 0 spiro atoms. The Morgan fingerprint density at radius 1 is 1.37 bits per heavy atom. The molecule has 1 fully saturated rings. The summed E-state index contributed by atoms with van der Waals surface area (Å²) in [6.07, 6.45) is 4.80. The third-order valence-corrected chi connectivity index (χ3v) is 3.92. The van der Waals surface area contributed by atoms with Gasteiger partial charge in [-0.1, -0.05) is 6.92 Å². The fraction of sp³-hybridized carbons (Fsp3) is 0.800. The van der Waals surface area contributed by atoms with Crippen LogP contribution < -0.4 is 5.32 Å². The first-order chi connectivity index (χ1) is 9.08. The lowest BCUT2D eigenvalue weighted by molar-refractivity contribution is 0.181. The molecule has 1 aromatic heterocycles. The van der Waals surface area contributed by atoms with E-state index in [0.717, 1.165) is 24.1 Å². The molecule has 1 aromatic rings. The van der Waals surface area contributed by atoms with E-state index in [1.165, 1.54) is 32.5 Å². The van der Waals surface area contributed by atoms with Crippen molar-refractivity contribution in [1.82, 2.24) is 14.5 Å². The van der Waals surface area contributed by atoms with Gasteiger partial charge in [-0.15, -0.1) is 0 Å². The normalized spacial score (nSPS) is 18.2. The van der Waals surface area contributed by atoms with Crippen LogP contribution in [0.5, 0.6) is 0 Å². The Morgan fingerprint density at radius 3 is 2.63 bits per heavy atom. The zero-order chi connectivity index (χ0) is 13.8. The first-order valence-corrected chi connectivity index (χ1v) is 7.61. The van der Waals surface area contributed by atoms with E-state index in [4.69, 9.17) is 0 Å². The Balaban J connectivity index is 1.95. The summed E-state index contributed by atoms with van der Waals surface area (Å²) in [7, 11) is 0. The predicted molar refractivity (Wildman–Crippen MR) is 80.6 cm³/mol. The number of rotatable bonds is 5. The molecule has 0 bridgehead atoms. The number of nitrogens with one attached hydrogen (secondary N) is 1. The van der Waals surface area contributed by atoms with E-state index in [1.54, 1.807) is 0 Å². The number of aryl methyl sites for hydroxylation is 1. The number of piperidine rings is 1. The molecule has 4 heteroatoms. The van der Waals surface area contributed by atoms with Crippen LogP contribution in [0.25, 0.3) is 0 Å². The molecule has 19 heavy (non-hydrogen) atoms. The summed E-state index contributed by atoms with van der Waals surface area (Å²) >= 11 is 0. The number of hydrogen-bond acceptors (Lipinski definition) is 3. The van der Waals surface area contributed by atoms with Crippen molar-refractivity contribution >= 4 is 5.95 Å². The summed E-state index contributed by atoms with van der Waals surface area (Å²) in [6.45, 7) is 13.4. The molecule has 1 N–H and O–H groups in total. The molecule has 0 amide bonds. The minimum Gasteiger partial charge on any atom is -0.353 e. The van der Waals surface area contributed by atoms with Crippen molar-refractivity contribution in [3.63, 3.8) is 0 Å². The van der Waals surface area contributed by atoms with E-state index in [0.29, 0.717) is 6.04 Å². The highest BCUT2D eigenvalue weighted by molar-refractivity contribution is 5.29. The van der Waals surface area contributed by atoms with Gasteiger partial charge in [0, 0.05) is 18.8 Å². The van der Waals surface area contributed by atoms with Gasteiger partial charge in [0.25, 0.3) is 0 Å². The summed E-state index contributed by atoms with van der Waals surface area (Å²) in [5.41, 5.74) is 1.11. The maximum Gasteiger partial charge on any atom is 0.203 e. The van der Waals surface area contributed by atoms with Gasteiger partial charge in [0.15, 0.2) is 0 Å². The number of hydrogen-bond donors (Lipinski definition) is 1. The second kappa shape index (κ2) is 6.42. The summed E-state index contributed by atoms with van der Waals surface area (Å²) in [6, 6.07) is 0.433. The number of aromatic nitrogens is 2. The summed E-state index contributed by atoms with van der Waals surface area (Å²) in [4.78, 5) is 7.13. The summed E-state index contributed by atoms with van der Waals surface area (Å²) in [5.74, 6) is 1.83. The number of likely N-dealkylation sites (tertiary alicyclic amines) is 1. The van der Waals surface area contributed by atoms with Crippen LogP contribution in [0, 0.1) is 12.8 Å². The highest BCUT2D eigenvalue weighted by atomic mass is 15.2. The molecule has 2 heterocycles. The van der Waals surface area contributed by atoms with Gasteiger partial charge in [0.05, 0.1) is 5.69 Å². The monoisotopic (exact) mass is 264 g/mol. The van der Waals surface area contributed by atoms with Crippen molar-refractivity contribution < 1.29 is 0 Å². The quantitative estimate of drug-likeness (QED) is 0.887. The van der Waals surface area contributed by atoms with E-state index >= 15 is 0 Å². The van der Waals surface area contributed by atoms with Crippen molar-refractivity contribution in [2.75, 3.05) is 25.0 Å². The first-order valence-electron chi connectivity index (χ1n) is 7.61. The lowest BCUT2D eigenvalue weighted by Gasteiger charge is -2.31. The molecule has 0 unspecified atom stereocenters. The van der Waals surface area contributed by atoms with Crippen molar-refractivity contribution in [1.29, 1.82) is 0 Å². The van der Waals surface area contributed by atoms with Crippen molar-refractivity contribution in [2.24, 2.45) is 5.92 Å². The molecule has 0 aliphatic carbocycles. The third kappa shape index (κ3) is 3.96. The third-order valence-electron chi connectivity index (χ3n) is 3.92. The molecule has 2 rings (SSSR count). The fourth-order valence-electron chi connectivity index (χ4n) is 2.82. The fourth-order valence-corrected chi connectivity index (χ4v) is 2.82. The van der Waals surface area contributed by atoms with Gasteiger partial charge in [-0.25, -0.2) is 4.98 Å². The Labute approximate surface area is 117 Å². The lowest BCUT2D eigenvalue weighted by Crippen LogP contribution is -2.34. The van der Waals surface area contributed by atoms with Crippen molar-refractivity contribution in [3.8, 4) is 0 Å². The summed E-state index contributed by atoms with van der Waals surface area (Å²) < 4.78 is 2.31. The molecule has 0 radical (unpaired) electrons. The van der Waals surface area contributed by atoms with Crippen molar-refractivity contribution in [2.45, 2.75) is 53.1 Å². The second-order valence-electron chi connectivity index (χ2n) is 6.03. The lowest BCUT2D eigenvalue weighted by atomic mass is 9.97. The van der Waals surface area contributed by atoms with Crippen LogP contribution in [0.2, 0.25) is 0 Å². The van der Waals surface area contributed by atoms with Gasteiger partial charge in [-0.3, -0.25) is 0 Å². The highest BCUT2D eigenvalue weighted by Crippen LogP contribution is 2.21. The molecule has 1 saturated heterocycles. The van der Waals surface area contributed by atoms with E-state index in [-0.39, 0.29) is 0 Å². The van der Waals surface area contributed by atoms with Crippen LogP contribution in [0.4, 0.5) is 5.95 Å². The SMILES string of the molecule is CCN1CCC(Cn2cc(C)nc2NC(C)C)CC1.